The molecule has 4 nitrogen and oxygen atoms in total. The third kappa shape index (κ3) is 7.25. The van der Waals surface area contributed by atoms with Crippen molar-refractivity contribution >= 4 is 17.3 Å². The molecule has 4 N–H and O–H groups in total. The first-order chi connectivity index (χ1) is 20.5. The first-order valence-corrected chi connectivity index (χ1v) is 18.3. The molecule has 0 radical (unpaired) electrons. The van der Waals surface area contributed by atoms with Gasteiger partial charge in [-0.1, -0.05) is 60.3 Å². The van der Waals surface area contributed by atoms with Crippen LogP contribution in [-0.4, -0.2) is 12.1 Å². The number of anilines is 2. The van der Waals surface area contributed by atoms with E-state index in [1.807, 2.05) is 12.1 Å². The highest BCUT2D eigenvalue weighted by Crippen LogP contribution is 2.68. The Bertz CT molecular complexity index is 1060. The van der Waals surface area contributed by atoms with Crippen molar-refractivity contribution in [3.05, 3.63) is 23.8 Å². The van der Waals surface area contributed by atoms with E-state index in [4.69, 9.17) is 16.2 Å². The molecular weight excluding hydrogens is 528 g/mol. The molecular formula is C39H64N2O2. The standard InChI is InChI=1S/C39H64N2O2/c1-26(2)10-9-11-27(3)34-16-17-35-33-15-14-29-24-32(18-20-38(29,4)36(33)19-21-39(34,35)5)43-37(42)13-8-6-7-12-28-22-30(40)25-31(41)23-28/h22-23,25-27,29,32-36H,6-21,24,40-41H2,1-5H3. The summed E-state index contributed by atoms with van der Waals surface area (Å²) < 4.78 is 6.12. The summed E-state index contributed by atoms with van der Waals surface area (Å²) in [6.45, 7) is 12.7. The molecule has 0 saturated heterocycles. The van der Waals surface area contributed by atoms with Crippen molar-refractivity contribution in [3.63, 3.8) is 0 Å². The minimum absolute atomic E-state index is 0.0171. The number of carbonyl (C=O) groups excluding carboxylic acids is 1. The van der Waals surface area contributed by atoms with Crippen LogP contribution in [0.25, 0.3) is 0 Å². The van der Waals surface area contributed by atoms with Crippen molar-refractivity contribution in [1.82, 2.24) is 0 Å². The van der Waals surface area contributed by atoms with E-state index in [1.165, 1.54) is 69.8 Å². The maximum atomic E-state index is 12.8. The molecule has 4 fully saturated rings. The highest BCUT2D eigenvalue weighted by Gasteiger charge is 2.60. The van der Waals surface area contributed by atoms with Gasteiger partial charge in [0.15, 0.2) is 0 Å². The number of fused-ring (bicyclic) bond motifs is 5. The van der Waals surface area contributed by atoms with Crippen LogP contribution < -0.4 is 11.5 Å². The van der Waals surface area contributed by atoms with E-state index in [-0.39, 0.29) is 12.1 Å². The van der Waals surface area contributed by atoms with Crippen LogP contribution in [0.4, 0.5) is 11.4 Å². The molecule has 4 aliphatic rings. The van der Waals surface area contributed by atoms with Crippen LogP contribution in [0.2, 0.25) is 0 Å². The fourth-order valence-corrected chi connectivity index (χ4v) is 11.3. The maximum absolute atomic E-state index is 12.8. The van der Waals surface area contributed by atoms with Gasteiger partial charge >= 0.3 is 5.97 Å². The number of rotatable bonds is 12. The van der Waals surface area contributed by atoms with Crippen LogP contribution in [0.15, 0.2) is 18.2 Å². The molecule has 0 spiro atoms. The van der Waals surface area contributed by atoms with Gasteiger partial charge in [-0.15, -0.1) is 0 Å². The van der Waals surface area contributed by atoms with E-state index >= 15 is 0 Å². The zero-order chi connectivity index (χ0) is 30.8. The SMILES string of the molecule is CC(C)CCCC(C)C1CCC2C3CCC4CC(OC(=O)CCCCCc5cc(N)cc(N)c5)CCC4(C)C3CCC12C. The molecule has 0 amide bonds. The molecule has 0 bridgehead atoms. The fourth-order valence-electron chi connectivity index (χ4n) is 11.3. The van der Waals surface area contributed by atoms with Crippen LogP contribution in [-0.2, 0) is 16.0 Å². The number of hydrogen-bond acceptors (Lipinski definition) is 4. The third-order valence-electron chi connectivity index (χ3n) is 13.5. The van der Waals surface area contributed by atoms with Gasteiger partial charge in [0.25, 0.3) is 0 Å². The molecule has 9 atom stereocenters. The average Bonchev–Trinajstić information content (AvgIpc) is 3.29. The predicted octanol–water partition coefficient (Wildman–Crippen LogP) is 9.99. The van der Waals surface area contributed by atoms with Gasteiger partial charge < -0.3 is 16.2 Å². The van der Waals surface area contributed by atoms with Gasteiger partial charge in [0, 0.05) is 17.8 Å². The lowest BCUT2D eigenvalue weighted by atomic mass is 9.44. The van der Waals surface area contributed by atoms with Gasteiger partial charge in [0.05, 0.1) is 0 Å². The van der Waals surface area contributed by atoms with E-state index in [0.717, 1.165) is 91.3 Å². The van der Waals surface area contributed by atoms with Gasteiger partial charge in [-0.05, 0) is 153 Å². The summed E-state index contributed by atoms with van der Waals surface area (Å²) in [5.41, 5.74) is 15.5. The van der Waals surface area contributed by atoms with Crippen molar-refractivity contribution in [2.45, 2.75) is 150 Å². The molecule has 1 aromatic rings. The molecule has 1 aromatic carbocycles. The first kappa shape index (κ1) is 32.7. The number of unbranched alkanes of at least 4 members (excludes halogenated alkanes) is 2. The van der Waals surface area contributed by atoms with Crippen molar-refractivity contribution in [1.29, 1.82) is 0 Å². The fraction of sp³-hybridized carbons (Fsp3) is 0.821. The summed E-state index contributed by atoms with van der Waals surface area (Å²) in [5.74, 6) is 6.13. The largest absolute Gasteiger partial charge is 0.462 e. The Morgan fingerprint density at radius 2 is 1.56 bits per heavy atom. The van der Waals surface area contributed by atoms with Gasteiger partial charge in [0.2, 0.25) is 0 Å². The van der Waals surface area contributed by atoms with Crippen LogP contribution in [0.1, 0.15) is 143 Å². The normalized spacial score (nSPS) is 36.0. The van der Waals surface area contributed by atoms with Crippen LogP contribution in [0.5, 0.6) is 0 Å². The zero-order valence-electron chi connectivity index (χ0n) is 28.3. The minimum atomic E-state index is 0.0171. The Morgan fingerprint density at radius 1 is 0.837 bits per heavy atom. The molecule has 4 aliphatic carbocycles. The molecule has 242 valence electrons. The van der Waals surface area contributed by atoms with Crippen molar-refractivity contribution in [2.75, 3.05) is 11.5 Å². The van der Waals surface area contributed by atoms with Gasteiger partial charge in [-0.2, -0.15) is 0 Å². The minimum Gasteiger partial charge on any atom is -0.462 e. The number of esters is 1. The maximum Gasteiger partial charge on any atom is 0.306 e. The summed E-state index contributed by atoms with van der Waals surface area (Å²) in [6, 6.07) is 5.80. The number of carbonyl (C=O) groups is 1. The summed E-state index contributed by atoms with van der Waals surface area (Å²) in [4.78, 5) is 12.8. The summed E-state index contributed by atoms with van der Waals surface area (Å²) in [7, 11) is 0. The molecule has 4 heteroatoms. The van der Waals surface area contributed by atoms with E-state index in [0.29, 0.717) is 17.3 Å². The molecule has 9 unspecified atom stereocenters. The number of hydrogen-bond donors (Lipinski definition) is 2. The Hall–Kier alpha value is -1.71. The molecule has 43 heavy (non-hydrogen) atoms. The Balaban J connectivity index is 1.07. The summed E-state index contributed by atoms with van der Waals surface area (Å²) in [6.07, 6.45) is 20.8. The monoisotopic (exact) mass is 592 g/mol. The second kappa shape index (κ2) is 13.7. The Kier molecular flexibility index (Phi) is 10.4. The highest BCUT2D eigenvalue weighted by molar-refractivity contribution is 5.69. The number of benzene rings is 1. The van der Waals surface area contributed by atoms with E-state index < -0.39 is 0 Å². The van der Waals surface area contributed by atoms with Crippen LogP contribution in [0, 0.1) is 52.3 Å². The first-order valence-electron chi connectivity index (χ1n) is 18.3. The topological polar surface area (TPSA) is 78.3 Å². The van der Waals surface area contributed by atoms with Crippen LogP contribution in [0.3, 0.4) is 0 Å². The second-order valence-electron chi connectivity index (χ2n) is 16.6. The van der Waals surface area contributed by atoms with Gasteiger partial charge in [-0.3, -0.25) is 4.79 Å². The molecule has 4 saturated carbocycles. The van der Waals surface area contributed by atoms with Gasteiger partial charge in [-0.25, -0.2) is 0 Å². The van der Waals surface area contributed by atoms with E-state index in [9.17, 15) is 4.79 Å². The number of aryl methyl sites for hydroxylation is 1. The number of nitrogens with two attached hydrogens (primary N) is 2. The van der Waals surface area contributed by atoms with E-state index in [1.54, 1.807) is 6.07 Å². The lowest BCUT2D eigenvalue weighted by Gasteiger charge is -2.61. The lowest BCUT2D eigenvalue weighted by Crippen LogP contribution is -2.54. The molecule has 0 aromatic heterocycles. The molecule has 5 rings (SSSR count). The quantitative estimate of drug-likeness (QED) is 0.144. The van der Waals surface area contributed by atoms with Crippen molar-refractivity contribution in [2.24, 2.45) is 52.3 Å². The smallest absolute Gasteiger partial charge is 0.306 e. The Morgan fingerprint density at radius 3 is 2.30 bits per heavy atom. The predicted molar refractivity (Wildman–Crippen MR) is 180 cm³/mol. The second-order valence-corrected chi connectivity index (χ2v) is 16.6. The lowest BCUT2D eigenvalue weighted by molar-refractivity contribution is -0.162. The number of ether oxygens (including phenoxy) is 1. The third-order valence-corrected chi connectivity index (χ3v) is 13.5. The molecule has 0 heterocycles. The zero-order valence-corrected chi connectivity index (χ0v) is 28.3. The Labute approximate surface area is 263 Å². The van der Waals surface area contributed by atoms with Crippen molar-refractivity contribution < 1.29 is 9.53 Å². The summed E-state index contributed by atoms with van der Waals surface area (Å²) in [5, 5.41) is 0. The van der Waals surface area contributed by atoms with E-state index in [2.05, 4.69) is 34.6 Å². The molecule has 0 aliphatic heterocycles. The van der Waals surface area contributed by atoms with Gasteiger partial charge in [0.1, 0.15) is 6.10 Å². The highest BCUT2D eigenvalue weighted by atomic mass is 16.5. The van der Waals surface area contributed by atoms with Crippen molar-refractivity contribution in [3.8, 4) is 0 Å². The van der Waals surface area contributed by atoms with Crippen LogP contribution >= 0.6 is 0 Å². The average molecular weight is 593 g/mol. The number of nitrogen functional groups attached to an aromatic ring is 2. The summed E-state index contributed by atoms with van der Waals surface area (Å²) >= 11 is 0.